The van der Waals surface area contributed by atoms with Gasteiger partial charge in [-0.05, 0) is 6.42 Å². The number of fused-ring (bicyclic) bond motifs is 2. The van der Waals surface area contributed by atoms with Crippen LogP contribution in [0.2, 0.25) is 0 Å². The van der Waals surface area contributed by atoms with E-state index in [4.69, 9.17) is 0 Å². The van der Waals surface area contributed by atoms with E-state index < -0.39 is 0 Å². The first-order valence-electron chi connectivity index (χ1n) is 4.33. The molecule has 2 saturated heterocycles. The van der Waals surface area contributed by atoms with E-state index >= 15 is 0 Å². The monoisotopic (exact) mass is 184 g/mol. The van der Waals surface area contributed by atoms with Crippen LogP contribution in [0.15, 0.2) is 0 Å². The molecule has 5 nitrogen and oxygen atoms in total. The average molecular weight is 184 g/mol. The van der Waals surface area contributed by atoms with Gasteiger partial charge in [0.25, 0.3) is 0 Å². The molecule has 0 aromatic rings. The van der Waals surface area contributed by atoms with Crippen LogP contribution in [-0.2, 0) is 14.3 Å². The highest BCUT2D eigenvalue weighted by atomic mass is 16.5. The number of ether oxygens (including phenoxy) is 1. The second-order valence-electron chi connectivity index (χ2n) is 3.40. The lowest BCUT2D eigenvalue weighted by atomic mass is 10.1. The Morgan fingerprint density at radius 1 is 1.69 bits per heavy atom. The van der Waals surface area contributed by atoms with Crippen LogP contribution in [-0.4, -0.2) is 49.1 Å². The lowest BCUT2D eigenvalue weighted by Crippen LogP contribution is -2.57. The van der Waals surface area contributed by atoms with Crippen LogP contribution >= 0.6 is 0 Å². The zero-order valence-corrected chi connectivity index (χ0v) is 7.45. The zero-order chi connectivity index (χ0) is 9.42. The van der Waals surface area contributed by atoms with Gasteiger partial charge in [0.1, 0.15) is 6.04 Å². The van der Waals surface area contributed by atoms with E-state index in [9.17, 15) is 9.59 Å². The SMILES string of the molecule is COC(=O)[C@@H]1[C@H]2CCN1CC(=O)N2. The summed E-state index contributed by atoms with van der Waals surface area (Å²) < 4.78 is 4.67. The van der Waals surface area contributed by atoms with Crippen LogP contribution in [0.5, 0.6) is 0 Å². The second-order valence-corrected chi connectivity index (χ2v) is 3.40. The number of carbonyl (C=O) groups is 2. The minimum Gasteiger partial charge on any atom is -0.468 e. The first kappa shape index (κ1) is 8.50. The molecule has 2 bridgehead atoms. The van der Waals surface area contributed by atoms with Gasteiger partial charge in [0, 0.05) is 6.54 Å². The van der Waals surface area contributed by atoms with Crippen molar-refractivity contribution in [2.45, 2.75) is 18.5 Å². The van der Waals surface area contributed by atoms with Gasteiger partial charge in [0.2, 0.25) is 5.91 Å². The van der Waals surface area contributed by atoms with Gasteiger partial charge in [-0.3, -0.25) is 14.5 Å². The van der Waals surface area contributed by atoms with E-state index in [1.807, 2.05) is 4.90 Å². The Kier molecular flexibility index (Phi) is 1.95. The Labute approximate surface area is 76.0 Å². The van der Waals surface area contributed by atoms with E-state index in [0.717, 1.165) is 13.0 Å². The summed E-state index contributed by atoms with van der Waals surface area (Å²) in [7, 11) is 1.37. The van der Waals surface area contributed by atoms with Gasteiger partial charge in [-0.15, -0.1) is 0 Å². The van der Waals surface area contributed by atoms with E-state index in [1.54, 1.807) is 0 Å². The molecule has 0 aliphatic carbocycles. The number of nitrogens with one attached hydrogen (secondary N) is 1. The number of piperazine rings is 1. The molecular formula is C8H12N2O3. The molecule has 2 aliphatic heterocycles. The number of rotatable bonds is 1. The maximum absolute atomic E-state index is 11.3. The molecule has 1 N–H and O–H groups in total. The standard InChI is InChI=1S/C8H12N2O3/c1-13-8(12)7-5-2-3-10(7)4-6(11)9-5/h5,7H,2-4H2,1H3,(H,9,11)/t5-,7+/m1/s1. The average Bonchev–Trinajstić information content (AvgIpc) is 2.37. The molecule has 1 unspecified atom stereocenters. The highest BCUT2D eigenvalue weighted by molar-refractivity contribution is 5.85. The third-order valence-corrected chi connectivity index (χ3v) is 2.64. The largest absolute Gasteiger partial charge is 0.468 e. The van der Waals surface area contributed by atoms with Gasteiger partial charge in [0.05, 0.1) is 19.7 Å². The van der Waals surface area contributed by atoms with E-state index in [1.165, 1.54) is 7.11 Å². The summed E-state index contributed by atoms with van der Waals surface area (Å²) in [6.07, 6.45) is 0.839. The van der Waals surface area contributed by atoms with E-state index in [0.29, 0.717) is 6.54 Å². The van der Waals surface area contributed by atoms with Crippen molar-refractivity contribution in [3.8, 4) is 0 Å². The van der Waals surface area contributed by atoms with Crippen molar-refractivity contribution in [2.75, 3.05) is 20.2 Å². The number of carbonyl (C=O) groups excluding carboxylic acids is 2. The molecule has 0 aromatic carbocycles. The lowest BCUT2D eigenvalue weighted by Gasteiger charge is -2.30. The quantitative estimate of drug-likeness (QED) is 0.516. The Bertz CT molecular complexity index is 238. The molecule has 5 heteroatoms. The Balaban J connectivity index is 2.14. The summed E-state index contributed by atoms with van der Waals surface area (Å²) in [5.74, 6) is -0.245. The second kappa shape index (κ2) is 2.99. The Hall–Kier alpha value is -1.10. The Morgan fingerprint density at radius 2 is 2.46 bits per heavy atom. The highest BCUT2D eigenvalue weighted by Crippen LogP contribution is 2.22. The van der Waals surface area contributed by atoms with Crippen LogP contribution in [0.4, 0.5) is 0 Å². The molecule has 72 valence electrons. The third kappa shape index (κ3) is 1.29. The fourth-order valence-electron chi connectivity index (χ4n) is 2.06. The topological polar surface area (TPSA) is 58.6 Å². The molecule has 3 atom stereocenters. The summed E-state index contributed by atoms with van der Waals surface area (Å²) in [5.41, 5.74) is 0. The van der Waals surface area contributed by atoms with E-state index in [-0.39, 0.29) is 24.0 Å². The molecule has 0 spiro atoms. The van der Waals surface area contributed by atoms with Crippen LogP contribution in [0, 0.1) is 0 Å². The fourth-order valence-corrected chi connectivity index (χ4v) is 2.06. The molecule has 2 aliphatic rings. The van der Waals surface area contributed by atoms with Crippen LogP contribution in [0.3, 0.4) is 0 Å². The minimum atomic E-state index is -0.261. The number of amides is 1. The summed E-state index contributed by atoms with van der Waals surface area (Å²) in [6.45, 7) is 1.11. The number of methoxy groups -OCH3 is 1. The van der Waals surface area contributed by atoms with Gasteiger partial charge in [0.15, 0.2) is 0 Å². The van der Waals surface area contributed by atoms with Crippen LogP contribution in [0.1, 0.15) is 6.42 Å². The molecule has 2 heterocycles. The molecular weight excluding hydrogens is 172 g/mol. The molecule has 0 aromatic heterocycles. The zero-order valence-electron chi connectivity index (χ0n) is 7.45. The van der Waals surface area contributed by atoms with Gasteiger partial charge in [-0.25, -0.2) is 0 Å². The maximum atomic E-state index is 11.3. The van der Waals surface area contributed by atoms with Crippen LogP contribution < -0.4 is 5.32 Å². The Morgan fingerprint density at radius 3 is 3.08 bits per heavy atom. The summed E-state index contributed by atoms with van der Waals surface area (Å²) in [6, 6.07) is -0.309. The molecule has 0 radical (unpaired) electrons. The minimum absolute atomic E-state index is 0.00246. The van der Waals surface area contributed by atoms with Gasteiger partial charge in [-0.1, -0.05) is 0 Å². The summed E-state index contributed by atoms with van der Waals surface area (Å²) >= 11 is 0. The van der Waals surface area contributed by atoms with E-state index in [2.05, 4.69) is 10.1 Å². The predicted molar refractivity (Wildman–Crippen MR) is 43.9 cm³/mol. The van der Waals surface area contributed by atoms with Crippen molar-refractivity contribution in [1.29, 1.82) is 0 Å². The van der Waals surface area contributed by atoms with Crippen molar-refractivity contribution >= 4 is 11.9 Å². The van der Waals surface area contributed by atoms with Crippen molar-refractivity contribution in [3.05, 3.63) is 0 Å². The van der Waals surface area contributed by atoms with Crippen molar-refractivity contribution in [1.82, 2.24) is 10.2 Å². The summed E-state index contributed by atoms with van der Waals surface area (Å²) in [5, 5.41) is 2.79. The lowest BCUT2D eigenvalue weighted by molar-refractivity contribution is -0.148. The van der Waals surface area contributed by atoms with Crippen molar-refractivity contribution in [2.24, 2.45) is 0 Å². The predicted octanol–water partition coefficient (Wildman–Crippen LogP) is -1.27. The van der Waals surface area contributed by atoms with Gasteiger partial charge < -0.3 is 10.1 Å². The van der Waals surface area contributed by atoms with Gasteiger partial charge in [-0.2, -0.15) is 0 Å². The number of hydrogen-bond donors (Lipinski definition) is 1. The fraction of sp³-hybridized carbons (Fsp3) is 0.750. The molecule has 0 saturated carbocycles. The third-order valence-electron chi connectivity index (χ3n) is 2.64. The summed E-state index contributed by atoms with van der Waals surface area (Å²) in [4.78, 5) is 24.3. The smallest absolute Gasteiger partial charge is 0.325 e. The van der Waals surface area contributed by atoms with Crippen LogP contribution in [0.25, 0.3) is 0 Å². The van der Waals surface area contributed by atoms with Crippen molar-refractivity contribution < 1.29 is 14.3 Å². The van der Waals surface area contributed by atoms with Crippen molar-refractivity contribution in [3.63, 3.8) is 0 Å². The number of nitrogens with zero attached hydrogens (tertiary/aromatic N) is 1. The number of hydrogen-bond acceptors (Lipinski definition) is 4. The first-order chi connectivity index (χ1) is 6.22. The highest BCUT2D eigenvalue weighted by Gasteiger charge is 2.44. The molecule has 13 heavy (non-hydrogen) atoms. The maximum Gasteiger partial charge on any atom is 0.325 e. The first-order valence-corrected chi connectivity index (χ1v) is 4.33. The molecule has 2 rings (SSSR count). The number of esters is 1. The molecule has 2 fully saturated rings. The molecule has 1 amide bonds. The van der Waals surface area contributed by atoms with Gasteiger partial charge >= 0.3 is 5.97 Å². The normalized spacial score (nSPS) is 37.0.